The van der Waals surface area contributed by atoms with Gasteiger partial charge in [0.15, 0.2) is 0 Å². The van der Waals surface area contributed by atoms with Crippen molar-refractivity contribution >= 4 is 5.91 Å². The van der Waals surface area contributed by atoms with Gasteiger partial charge in [0.1, 0.15) is 0 Å². The van der Waals surface area contributed by atoms with E-state index in [2.05, 4.69) is 6.92 Å². The van der Waals surface area contributed by atoms with Crippen LogP contribution in [0.25, 0.3) is 0 Å². The Hall–Kier alpha value is -1.35. The minimum atomic E-state index is -0.218. The van der Waals surface area contributed by atoms with Gasteiger partial charge in [0.2, 0.25) is 5.91 Å². The summed E-state index contributed by atoms with van der Waals surface area (Å²) in [4.78, 5) is 14.5. The Morgan fingerprint density at radius 2 is 1.89 bits per heavy atom. The van der Waals surface area contributed by atoms with Crippen LogP contribution in [-0.2, 0) is 11.3 Å². The summed E-state index contributed by atoms with van der Waals surface area (Å²) in [6, 6.07) is 9.98. The van der Waals surface area contributed by atoms with Crippen molar-refractivity contribution in [1.82, 2.24) is 4.90 Å². The van der Waals surface area contributed by atoms with Crippen LogP contribution in [0.1, 0.15) is 38.2 Å². The molecule has 0 heterocycles. The van der Waals surface area contributed by atoms with E-state index in [0.717, 1.165) is 31.2 Å². The largest absolute Gasteiger partial charge is 0.395 e. The number of aliphatic hydroxyl groups excluding tert-OH is 1. The maximum absolute atomic E-state index is 12.7. The molecule has 0 aromatic heterocycles. The molecule has 1 aromatic rings. The minimum absolute atomic E-state index is 0.0225. The van der Waals surface area contributed by atoms with Crippen molar-refractivity contribution < 1.29 is 9.90 Å². The van der Waals surface area contributed by atoms with Crippen LogP contribution >= 0.6 is 0 Å². The summed E-state index contributed by atoms with van der Waals surface area (Å²) >= 11 is 0. The summed E-state index contributed by atoms with van der Waals surface area (Å²) in [5.74, 6) is 0.197. The van der Waals surface area contributed by atoms with E-state index >= 15 is 0 Å². The molecule has 3 nitrogen and oxygen atoms in total. The van der Waals surface area contributed by atoms with Crippen LogP contribution in [0.2, 0.25) is 0 Å². The minimum Gasteiger partial charge on any atom is -0.395 e. The fourth-order valence-corrected chi connectivity index (χ4v) is 2.93. The van der Waals surface area contributed by atoms with E-state index in [4.69, 9.17) is 0 Å². The van der Waals surface area contributed by atoms with E-state index in [9.17, 15) is 9.90 Å². The number of nitrogens with zero attached hydrogens (tertiary/aromatic N) is 1. The van der Waals surface area contributed by atoms with E-state index < -0.39 is 0 Å². The first-order valence-electron chi connectivity index (χ1n) is 7.10. The van der Waals surface area contributed by atoms with Gasteiger partial charge in [0, 0.05) is 18.5 Å². The van der Waals surface area contributed by atoms with Gasteiger partial charge in [-0.3, -0.25) is 4.79 Å². The Kier molecular flexibility index (Phi) is 4.59. The lowest BCUT2D eigenvalue weighted by molar-refractivity contribution is -0.142. The Morgan fingerprint density at radius 3 is 2.47 bits per heavy atom. The van der Waals surface area contributed by atoms with E-state index in [-0.39, 0.29) is 17.9 Å². The monoisotopic (exact) mass is 261 g/mol. The topological polar surface area (TPSA) is 40.5 Å². The SMILES string of the molecule is CC1(C(=O)N(CCO)Cc2ccccc2)CCCC1. The van der Waals surface area contributed by atoms with Gasteiger partial charge < -0.3 is 10.0 Å². The number of amides is 1. The molecule has 2 rings (SSSR count). The van der Waals surface area contributed by atoms with Crippen molar-refractivity contribution in [2.24, 2.45) is 5.41 Å². The molecule has 1 aliphatic carbocycles. The molecule has 1 aliphatic rings. The lowest BCUT2D eigenvalue weighted by Gasteiger charge is -2.31. The highest BCUT2D eigenvalue weighted by atomic mass is 16.3. The Balaban J connectivity index is 2.09. The third kappa shape index (κ3) is 3.35. The molecule has 104 valence electrons. The van der Waals surface area contributed by atoms with E-state index in [0.29, 0.717) is 13.1 Å². The second-order valence-corrected chi connectivity index (χ2v) is 5.70. The van der Waals surface area contributed by atoms with Crippen molar-refractivity contribution in [3.63, 3.8) is 0 Å². The van der Waals surface area contributed by atoms with Gasteiger partial charge in [-0.1, -0.05) is 50.1 Å². The third-order valence-corrected chi connectivity index (χ3v) is 4.10. The fraction of sp³-hybridized carbons (Fsp3) is 0.562. The fourth-order valence-electron chi connectivity index (χ4n) is 2.93. The summed E-state index contributed by atoms with van der Waals surface area (Å²) in [5.41, 5.74) is 0.898. The Morgan fingerprint density at radius 1 is 1.26 bits per heavy atom. The van der Waals surface area contributed by atoms with Crippen molar-refractivity contribution in [1.29, 1.82) is 0 Å². The van der Waals surface area contributed by atoms with Crippen molar-refractivity contribution in [3.8, 4) is 0 Å². The third-order valence-electron chi connectivity index (χ3n) is 4.10. The lowest BCUT2D eigenvalue weighted by atomic mass is 9.87. The highest BCUT2D eigenvalue weighted by Gasteiger charge is 2.38. The number of hydrogen-bond acceptors (Lipinski definition) is 2. The van der Waals surface area contributed by atoms with E-state index in [1.807, 2.05) is 30.3 Å². The molecule has 1 amide bonds. The zero-order valence-corrected chi connectivity index (χ0v) is 11.6. The summed E-state index contributed by atoms with van der Waals surface area (Å²) in [6.07, 6.45) is 4.23. The van der Waals surface area contributed by atoms with Crippen LogP contribution in [0.5, 0.6) is 0 Å². The van der Waals surface area contributed by atoms with Crippen LogP contribution in [0.3, 0.4) is 0 Å². The van der Waals surface area contributed by atoms with Gasteiger partial charge in [0.25, 0.3) is 0 Å². The quantitative estimate of drug-likeness (QED) is 0.885. The molecule has 0 saturated heterocycles. The normalized spacial score (nSPS) is 17.4. The van der Waals surface area contributed by atoms with Crippen molar-refractivity contribution in [2.45, 2.75) is 39.2 Å². The molecule has 1 saturated carbocycles. The molecule has 0 aliphatic heterocycles. The van der Waals surface area contributed by atoms with Crippen LogP contribution in [-0.4, -0.2) is 29.1 Å². The zero-order valence-electron chi connectivity index (χ0n) is 11.6. The Bertz CT molecular complexity index is 410. The predicted molar refractivity (Wildman–Crippen MR) is 75.5 cm³/mol. The molecule has 0 spiro atoms. The first-order chi connectivity index (χ1) is 9.15. The molecule has 1 aromatic carbocycles. The standard InChI is InChI=1S/C16H23NO2/c1-16(9-5-6-10-16)15(19)17(11-12-18)13-14-7-3-2-4-8-14/h2-4,7-8,18H,5-6,9-13H2,1H3. The number of rotatable bonds is 5. The molecule has 3 heteroatoms. The number of hydrogen-bond donors (Lipinski definition) is 1. The predicted octanol–water partition coefficient (Wildman–Crippen LogP) is 2.59. The van der Waals surface area contributed by atoms with Gasteiger partial charge in [-0.2, -0.15) is 0 Å². The van der Waals surface area contributed by atoms with Gasteiger partial charge in [0.05, 0.1) is 6.61 Å². The number of benzene rings is 1. The molecule has 0 bridgehead atoms. The van der Waals surface area contributed by atoms with E-state index in [1.165, 1.54) is 0 Å². The highest BCUT2D eigenvalue weighted by molar-refractivity contribution is 5.82. The first-order valence-corrected chi connectivity index (χ1v) is 7.10. The average Bonchev–Trinajstić information content (AvgIpc) is 2.87. The van der Waals surface area contributed by atoms with E-state index in [1.54, 1.807) is 4.90 Å². The summed E-state index contributed by atoms with van der Waals surface area (Å²) < 4.78 is 0. The summed E-state index contributed by atoms with van der Waals surface area (Å²) in [6.45, 7) is 3.10. The molecule has 1 N–H and O–H groups in total. The summed E-state index contributed by atoms with van der Waals surface area (Å²) in [7, 11) is 0. The molecular weight excluding hydrogens is 238 g/mol. The number of aliphatic hydroxyl groups is 1. The number of carbonyl (C=O) groups excluding carboxylic acids is 1. The Labute approximate surface area is 115 Å². The van der Waals surface area contributed by atoms with Crippen LogP contribution < -0.4 is 0 Å². The lowest BCUT2D eigenvalue weighted by Crippen LogP contribution is -2.42. The second kappa shape index (κ2) is 6.20. The van der Waals surface area contributed by atoms with Gasteiger partial charge in [-0.25, -0.2) is 0 Å². The molecule has 0 unspecified atom stereocenters. The molecule has 19 heavy (non-hydrogen) atoms. The molecular formula is C16H23NO2. The van der Waals surface area contributed by atoms with Crippen LogP contribution in [0.15, 0.2) is 30.3 Å². The van der Waals surface area contributed by atoms with Gasteiger partial charge in [-0.15, -0.1) is 0 Å². The first kappa shape index (κ1) is 14.1. The number of carbonyl (C=O) groups is 1. The average molecular weight is 261 g/mol. The molecule has 1 fully saturated rings. The van der Waals surface area contributed by atoms with Gasteiger partial charge in [-0.05, 0) is 18.4 Å². The summed E-state index contributed by atoms with van der Waals surface area (Å²) in [5, 5.41) is 9.20. The smallest absolute Gasteiger partial charge is 0.228 e. The molecule has 0 atom stereocenters. The highest BCUT2D eigenvalue weighted by Crippen LogP contribution is 2.39. The second-order valence-electron chi connectivity index (χ2n) is 5.70. The maximum Gasteiger partial charge on any atom is 0.228 e. The van der Waals surface area contributed by atoms with Crippen molar-refractivity contribution in [2.75, 3.05) is 13.2 Å². The van der Waals surface area contributed by atoms with Gasteiger partial charge >= 0.3 is 0 Å². The zero-order chi connectivity index (χ0) is 13.7. The van der Waals surface area contributed by atoms with Crippen LogP contribution in [0, 0.1) is 5.41 Å². The molecule has 0 radical (unpaired) electrons. The van der Waals surface area contributed by atoms with Crippen molar-refractivity contribution in [3.05, 3.63) is 35.9 Å². The van der Waals surface area contributed by atoms with Crippen LogP contribution in [0.4, 0.5) is 0 Å². The maximum atomic E-state index is 12.7.